The zero-order valence-electron chi connectivity index (χ0n) is 11.0. The van der Waals surface area contributed by atoms with Gasteiger partial charge in [0.05, 0.1) is 6.54 Å². The molecule has 1 aromatic heterocycles. The molecule has 0 radical (unpaired) electrons. The van der Waals surface area contributed by atoms with Crippen molar-refractivity contribution in [2.24, 2.45) is 0 Å². The SMILES string of the molecule is CCc1ccccc1Cn1c(Cl)nnc1C(C)C. The average molecular weight is 264 g/mol. The Balaban J connectivity index is 2.36. The van der Waals surface area contributed by atoms with Crippen molar-refractivity contribution < 1.29 is 0 Å². The second kappa shape index (κ2) is 5.53. The van der Waals surface area contributed by atoms with E-state index < -0.39 is 0 Å². The van der Waals surface area contributed by atoms with Gasteiger partial charge in [-0.25, -0.2) is 0 Å². The van der Waals surface area contributed by atoms with Crippen molar-refractivity contribution in [3.63, 3.8) is 0 Å². The number of rotatable bonds is 4. The summed E-state index contributed by atoms with van der Waals surface area (Å²) in [5.41, 5.74) is 2.63. The van der Waals surface area contributed by atoms with E-state index in [1.807, 2.05) is 4.57 Å². The summed E-state index contributed by atoms with van der Waals surface area (Å²) in [4.78, 5) is 0. The van der Waals surface area contributed by atoms with E-state index in [0.29, 0.717) is 11.2 Å². The van der Waals surface area contributed by atoms with Gasteiger partial charge in [-0.1, -0.05) is 45.0 Å². The molecule has 96 valence electrons. The molecule has 3 nitrogen and oxygen atoms in total. The minimum Gasteiger partial charge on any atom is -0.297 e. The summed E-state index contributed by atoms with van der Waals surface area (Å²) in [6.45, 7) is 7.10. The van der Waals surface area contributed by atoms with Crippen LogP contribution in [-0.4, -0.2) is 14.8 Å². The summed E-state index contributed by atoms with van der Waals surface area (Å²) in [5.74, 6) is 1.25. The van der Waals surface area contributed by atoms with Crippen molar-refractivity contribution >= 4 is 11.6 Å². The number of nitrogens with zero attached hydrogens (tertiary/aromatic N) is 3. The molecule has 1 aromatic carbocycles. The van der Waals surface area contributed by atoms with E-state index in [4.69, 9.17) is 11.6 Å². The Labute approximate surface area is 113 Å². The van der Waals surface area contributed by atoms with E-state index in [0.717, 1.165) is 18.8 Å². The van der Waals surface area contributed by atoms with Crippen LogP contribution in [0.1, 0.15) is 43.6 Å². The highest BCUT2D eigenvalue weighted by atomic mass is 35.5. The molecular weight excluding hydrogens is 246 g/mol. The monoisotopic (exact) mass is 263 g/mol. The van der Waals surface area contributed by atoms with Gasteiger partial charge in [0.2, 0.25) is 5.28 Å². The van der Waals surface area contributed by atoms with Gasteiger partial charge in [-0.15, -0.1) is 10.2 Å². The van der Waals surface area contributed by atoms with Gasteiger partial charge in [-0.3, -0.25) is 4.57 Å². The highest BCUT2D eigenvalue weighted by Crippen LogP contribution is 2.20. The van der Waals surface area contributed by atoms with Crippen LogP contribution in [0.2, 0.25) is 5.28 Å². The molecular formula is C14H18ClN3. The molecule has 0 aliphatic heterocycles. The molecule has 0 aliphatic rings. The lowest BCUT2D eigenvalue weighted by molar-refractivity contribution is 0.666. The number of hydrogen-bond donors (Lipinski definition) is 0. The van der Waals surface area contributed by atoms with Gasteiger partial charge in [0.1, 0.15) is 5.82 Å². The Morgan fingerprint density at radius 3 is 2.44 bits per heavy atom. The summed E-state index contributed by atoms with van der Waals surface area (Å²) >= 11 is 6.12. The van der Waals surface area contributed by atoms with Gasteiger partial charge < -0.3 is 0 Å². The second-order valence-electron chi connectivity index (χ2n) is 4.69. The van der Waals surface area contributed by atoms with Crippen molar-refractivity contribution in [2.75, 3.05) is 0 Å². The molecule has 2 rings (SSSR count). The summed E-state index contributed by atoms with van der Waals surface area (Å²) in [6.07, 6.45) is 1.02. The van der Waals surface area contributed by atoms with Crippen molar-refractivity contribution in [1.82, 2.24) is 14.8 Å². The molecule has 0 aliphatic carbocycles. The number of hydrogen-bond acceptors (Lipinski definition) is 2. The van der Waals surface area contributed by atoms with Crippen molar-refractivity contribution in [3.05, 3.63) is 46.5 Å². The molecule has 2 aromatic rings. The summed E-state index contributed by atoms with van der Waals surface area (Å²) < 4.78 is 1.99. The first kappa shape index (κ1) is 13.1. The highest BCUT2D eigenvalue weighted by Gasteiger charge is 2.14. The maximum atomic E-state index is 6.12. The van der Waals surface area contributed by atoms with Crippen molar-refractivity contribution in [1.29, 1.82) is 0 Å². The number of aromatic nitrogens is 3. The molecule has 0 spiro atoms. The molecule has 0 fully saturated rings. The van der Waals surface area contributed by atoms with Crippen molar-refractivity contribution in [3.8, 4) is 0 Å². The molecule has 0 bridgehead atoms. The third kappa shape index (κ3) is 2.56. The molecule has 18 heavy (non-hydrogen) atoms. The molecule has 0 atom stereocenters. The normalized spacial score (nSPS) is 11.2. The van der Waals surface area contributed by atoms with Gasteiger partial charge in [0.15, 0.2) is 0 Å². The maximum absolute atomic E-state index is 6.12. The van der Waals surface area contributed by atoms with E-state index in [-0.39, 0.29) is 0 Å². The van der Waals surface area contributed by atoms with Crippen LogP contribution in [-0.2, 0) is 13.0 Å². The van der Waals surface area contributed by atoms with Crippen LogP contribution >= 0.6 is 11.6 Å². The topological polar surface area (TPSA) is 30.7 Å². The lowest BCUT2D eigenvalue weighted by Gasteiger charge is -2.12. The molecule has 0 unspecified atom stereocenters. The zero-order chi connectivity index (χ0) is 13.1. The first-order valence-electron chi connectivity index (χ1n) is 6.28. The third-order valence-electron chi connectivity index (χ3n) is 3.08. The lowest BCUT2D eigenvalue weighted by Crippen LogP contribution is -2.08. The van der Waals surface area contributed by atoms with Crippen LogP contribution in [0.15, 0.2) is 24.3 Å². The lowest BCUT2D eigenvalue weighted by atomic mass is 10.1. The predicted octanol–water partition coefficient (Wildman–Crippen LogP) is 3.67. The van der Waals surface area contributed by atoms with Crippen LogP contribution in [0, 0.1) is 0 Å². The first-order chi connectivity index (χ1) is 8.63. The summed E-state index contributed by atoms with van der Waals surface area (Å²) in [6, 6.07) is 8.42. The molecule has 0 N–H and O–H groups in total. The maximum Gasteiger partial charge on any atom is 0.225 e. The first-order valence-corrected chi connectivity index (χ1v) is 6.66. The largest absolute Gasteiger partial charge is 0.297 e. The number of aryl methyl sites for hydroxylation is 1. The van der Waals surface area contributed by atoms with E-state index >= 15 is 0 Å². The summed E-state index contributed by atoms with van der Waals surface area (Å²) in [5, 5.41) is 8.58. The van der Waals surface area contributed by atoms with Crippen LogP contribution in [0.4, 0.5) is 0 Å². The fourth-order valence-corrected chi connectivity index (χ4v) is 2.28. The average Bonchev–Trinajstić information content (AvgIpc) is 2.72. The Hall–Kier alpha value is -1.35. The Morgan fingerprint density at radius 2 is 1.83 bits per heavy atom. The molecule has 0 saturated heterocycles. The zero-order valence-corrected chi connectivity index (χ0v) is 11.8. The van der Waals surface area contributed by atoms with Gasteiger partial charge in [0, 0.05) is 5.92 Å². The second-order valence-corrected chi connectivity index (χ2v) is 5.03. The molecule has 0 amide bonds. The van der Waals surface area contributed by atoms with E-state index in [2.05, 4.69) is 55.2 Å². The number of benzene rings is 1. The predicted molar refractivity (Wildman–Crippen MR) is 74.0 cm³/mol. The molecule has 0 saturated carbocycles. The fourth-order valence-electron chi connectivity index (χ4n) is 2.10. The smallest absolute Gasteiger partial charge is 0.225 e. The standard InChI is InChI=1S/C14H18ClN3/c1-4-11-7-5-6-8-12(11)9-18-13(10(2)3)16-17-14(18)15/h5-8,10H,4,9H2,1-3H3. The molecule has 4 heteroatoms. The highest BCUT2D eigenvalue weighted by molar-refractivity contribution is 6.28. The third-order valence-corrected chi connectivity index (χ3v) is 3.36. The molecule has 1 heterocycles. The van der Waals surface area contributed by atoms with Crippen LogP contribution < -0.4 is 0 Å². The summed E-state index contributed by atoms with van der Waals surface area (Å²) in [7, 11) is 0. The van der Waals surface area contributed by atoms with Gasteiger partial charge in [0.25, 0.3) is 0 Å². The van der Waals surface area contributed by atoms with E-state index in [9.17, 15) is 0 Å². The minimum absolute atomic E-state index is 0.318. The van der Waals surface area contributed by atoms with Gasteiger partial charge >= 0.3 is 0 Å². The van der Waals surface area contributed by atoms with Crippen molar-refractivity contribution in [2.45, 2.75) is 39.7 Å². The minimum atomic E-state index is 0.318. The Morgan fingerprint density at radius 1 is 1.17 bits per heavy atom. The van der Waals surface area contributed by atoms with Gasteiger partial charge in [-0.05, 0) is 29.1 Å². The van der Waals surface area contributed by atoms with E-state index in [1.54, 1.807) is 0 Å². The van der Waals surface area contributed by atoms with Gasteiger partial charge in [-0.2, -0.15) is 0 Å². The fraction of sp³-hybridized carbons (Fsp3) is 0.429. The van der Waals surface area contributed by atoms with Crippen LogP contribution in [0.5, 0.6) is 0 Å². The quantitative estimate of drug-likeness (QED) is 0.843. The van der Waals surface area contributed by atoms with Crippen LogP contribution in [0.25, 0.3) is 0 Å². The number of halogens is 1. The Bertz CT molecular complexity index is 532. The Kier molecular flexibility index (Phi) is 4.02. The van der Waals surface area contributed by atoms with E-state index in [1.165, 1.54) is 11.1 Å². The van der Waals surface area contributed by atoms with Crippen LogP contribution in [0.3, 0.4) is 0 Å².